The zero-order valence-corrected chi connectivity index (χ0v) is 13.8. The lowest BCUT2D eigenvalue weighted by Gasteiger charge is -2.11. The van der Waals surface area contributed by atoms with Gasteiger partial charge in [0, 0.05) is 24.3 Å². The van der Waals surface area contributed by atoms with Crippen molar-refractivity contribution in [2.75, 3.05) is 39.2 Å². The van der Waals surface area contributed by atoms with Crippen molar-refractivity contribution < 1.29 is 14.6 Å². The van der Waals surface area contributed by atoms with E-state index in [2.05, 4.69) is 36.5 Å². The van der Waals surface area contributed by atoms with Gasteiger partial charge in [-0.25, -0.2) is 0 Å². The fourth-order valence-electron chi connectivity index (χ4n) is 1.72. The summed E-state index contributed by atoms with van der Waals surface area (Å²) in [7, 11) is 1.64. The molecule has 0 saturated heterocycles. The molecule has 0 aliphatic rings. The van der Waals surface area contributed by atoms with Crippen molar-refractivity contribution in [1.82, 2.24) is 5.32 Å². The fraction of sp³-hybridized carbons (Fsp3) is 0.625. The van der Waals surface area contributed by atoms with Gasteiger partial charge in [-0.2, -0.15) is 0 Å². The van der Waals surface area contributed by atoms with Gasteiger partial charge in [0.2, 0.25) is 0 Å². The number of benzene rings is 1. The summed E-state index contributed by atoms with van der Waals surface area (Å²) < 4.78 is 10.2. The lowest BCUT2D eigenvalue weighted by molar-refractivity contribution is 0.0218. The molecule has 1 atom stereocenters. The van der Waals surface area contributed by atoms with Gasteiger partial charge < -0.3 is 19.9 Å². The molecule has 1 aromatic carbocycles. The second kappa shape index (κ2) is 12.0. The second-order valence-electron chi connectivity index (χ2n) is 4.85. The third kappa shape index (κ3) is 9.11. The number of hydrogen-bond donors (Lipinski definition) is 2. The van der Waals surface area contributed by atoms with Gasteiger partial charge in [-0.05, 0) is 30.7 Å². The Morgan fingerprint density at radius 2 is 2.00 bits per heavy atom. The van der Waals surface area contributed by atoms with Crippen LogP contribution in [0.15, 0.2) is 29.2 Å². The molecule has 5 heteroatoms. The number of aliphatic hydroxyl groups excluding tert-OH is 1. The molecule has 1 unspecified atom stereocenters. The Kier molecular flexibility index (Phi) is 10.6. The van der Waals surface area contributed by atoms with Crippen LogP contribution in [-0.4, -0.2) is 50.4 Å². The highest BCUT2D eigenvalue weighted by molar-refractivity contribution is 7.99. The summed E-state index contributed by atoms with van der Waals surface area (Å²) in [4.78, 5) is 1.17. The summed E-state index contributed by atoms with van der Waals surface area (Å²) in [6, 6.07) is 8.47. The van der Waals surface area contributed by atoms with Crippen molar-refractivity contribution in [3.63, 3.8) is 0 Å². The van der Waals surface area contributed by atoms with Gasteiger partial charge in [0.1, 0.15) is 0 Å². The molecule has 0 saturated carbocycles. The number of methoxy groups -OCH3 is 1. The van der Waals surface area contributed by atoms with E-state index >= 15 is 0 Å². The van der Waals surface area contributed by atoms with E-state index in [1.165, 1.54) is 10.5 Å². The molecule has 0 fully saturated rings. The van der Waals surface area contributed by atoms with E-state index in [0.717, 1.165) is 19.5 Å². The van der Waals surface area contributed by atoms with Crippen molar-refractivity contribution >= 4 is 11.8 Å². The molecule has 21 heavy (non-hydrogen) atoms. The van der Waals surface area contributed by atoms with E-state index in [4.69, 9.17) is 9.47 Å². The Labute approximate surface area is 132 Å². The zero-order chi connectivity index (χ0) is 15.3. The molecule has 1 rings (SSSR count). The summed E-state index contributed by atoms with van der Waals surface area (Å²) in [6.07, 6.45) is 0.705. The van der Waals surface area contributed by atoms with Gasteiger partial charge in [-0.3, -0.25) is 0 Å². The van der Waals surface area contributed by atoms with Crippen LogP contribution in [0.5, 0.6) is 0 Å². The van der Waals surface area contributed by atoms with Crippen LogP contribution in [-0.2, 0) is 16.0 Å². The van der Waals surface area contributed by atoms with E-state index < -0.39 is 6.10 Å². The smallest absolute Gasteiger partial charge is 0.0867 e. The average molecular weight is 313 g/mol. The largest absolute Gasteiger partial charge is 0.390 e. The summed E-state index contributed by atoms with van der Waals surface area (Å²) in [5.41, 5.74) is 1.29. The quantitative estimate of drug-likeness (QED) is 0.458. The first-order chi connectivity index (χ1) is 10.3. The minimum absolute atomic E-state index is 0.357. The number of hydrogen-bond acceptors (Lipinski definition) is 5. The SMILES string of the molecule is CCCNCc1ccc(SCC(O)COCCOC)cc1. The van der Waals surface area contributed by atoms with Crippen LogP contribution in [0.3, 0.4) is 0 Å². The highest BCUT2D eigenvalue weighted by Gasteiger charge is 2.05. The topological polar surface area (TPSA) is 50.7 Å². The lowest BCUT2D eigenvalue weighted by Crippen LogP contribution is -2.19. The number of ether oxygens (including phenoxy) is 2. The van der Waals surface area contributed by atoms with Crippen molar-refractivity contribution in [1.29, 1.82) is 0 Å². The first-order valence-electron chi connectivity index (χ1n) is 7.43. The maximum Gasteiger partial charge on any atom is 0.0867 e. The van der Waals surface area contributed by atoms with Crippen LogP contribution in [0.4, 0.5) is 0 Å². The van der Waals surface area contributed by atoms with Crippen LogP contribution in [0.25, 0.3) is 0 Å². The van der Waals surface area contributed by atoms with Gasteiger partial charge in [-0.15, -0.1) is 11.8 Å². The molecule has 4 nitrogen and oxygen atoms in total. The van der Waals surface area contributed by atoms with Crippen LogP contribution < -0.4 is 5.32 Å². The van der Waals surface area contributed by atoms with Crippen molar-refractivity contribution in [3.05, 3.63) is 29.8 Å². The van der Waals surface area contributed by atoms with E-state index in [-0.39, 0.29) is 0 Å². The Bertz CT molecular complexity index is 359. The molecular formula is C16H27NO3S. The minimum Gasteiger partial charge on any atom is -0.390 e. The maximum atomic E-state index is 9.81. The molecule has 0 amide bonds. The Balaban J connectivity index is 2.19. The Morgan fingerprint density at radius 1 is 1.24 bits per heavy atom. The average Bonchev–Trinajstić information content (AvgIpc) is 2.51. The van der Waals surface area contributed by atoms with E-state index in [1.54, 1.807) is 18.9 Å². The highest BCUT2D eigenvalue weighted by Crippen LogP contribution is 2.19. The number of nitrogens with one attached hydrogen (secondary N) is 1. The Hall–Kier alpha value is -0.590. The molecule has 0 heterocycles. The molecule has 2 N–H and O–H groups in total. The minimum atomic E-state index is -0.447. The monoisotopic (exact) mass is 313 g/mol. The van der Waals surface area contributed by atoms with Crippen molar-refractivity contribution in [3.8, 4) is 0 Å². The lowest BCUT2D eigenvalue weighted by atomic mass is 10.2. The number of aliphatic hydroxyl groups is 1. The Morgan fingerprint density at radius 3 is 2.67 bits per heavy atom. The number of rotatable bonds is 12. The molecule has 0 aliphatic heterocycles. The molecule has 1 aromatic rings. The molecule has 0 aromatic heterocycles. The summed E-state index contributed by atoms with van der Waals surface area (Å²) in [6.45, 7) is 5.57. The van der Waals surface area contributed by atoms with Crippen LogP contribution in [0.2, 0.25) is 0 Å². The standard InChI is InChI=1S/C16H27NO3S/c1-3-8-17-11-14-4-6-16(7-5-14)21-13-15(18)12-20-10-9-19-2/h4-7,15,17-18H,3,8-13H2,1-2H3. The fourth-order valence-corrected chi connectivity index (χ4v) is 2.52. The van der Waals surface area contributed by atoms with Crippen molar-refractivity contribution in [2.45, 2.75) is 30.9 Å². The van der Waals surface area contributed by atoms with Gasteiger partial charge in [0.25, 0.3) is 0 Å². The van der Waals surface area contributed by atoms with Crippen LogP contribution in [0, 0.1) is 0 Å². The van der Waals surface area contributed by atoms with Gasteiger partial charge >= 0.3 is 0 Å². The second-order valence-corrected chi connectivity index (χ2v) is 5.95. The molecule has 0 radical (unpaired) electrons. The first kappa shape index (κ1) is 18.5. The van der Waals surface area contributed by atoms with Crippen LogP contribution >= 0.6 is 11.8 Å². The molecule has 0 aliphatic carbocycles. The first-order valence-corrected chi connectivity index (χ1v) is 8.42. The van der Waals surface area contributed by atoms with Gasteiger partial charge in [-0.1, -0.05) is 19.1 Å². The van der Waals surface area contributed by atoms with Gasteiger partial charge in [0.05, 0.1) is 25.9 Å². The maximum absolute atomic E-state index is 9.81. The summed E-state index contributed by atoms with van der Waals surface area (Å²) in [5.74, 6) is 0.639. The third-order valence-corrected chi connectivity index (χ3v) is 4.02. The highest BCUT2D eigenvalue weighted by atomic mass is 32.2. The molecule has 0 spiro atoms. The van der Waals surface area contributed by atoms with Gasteiger partial charge in [0.15, 0.2) is 0 Å². The molecular weight excluding hydrogens is 286 g/mol. The zero-order valence-electron chi connectivity index (χ0n) is 13.0. The van der Waals surface area contributed by atoms with E-state index in [9.17, 15) is 5.11 Å². The van der Waals surface area contributed by atoms with Crippen LogP contribution in [0.1, 0.15) is 18.9 Å². The summed E-state index contributed by atoms with van der Waals surface area (Å²) >= 11 is 1.65. The normalized spacial score (nSPS) is 12.5. The van der Waals surface area contributed by atoms with E-state index in [1.807, 2.05) is 0 Å². The van der Waals surface area contributed by atoms with Crippen molar-refractivity contribution in [2.24, 2.45) is 0 Å². The summed E-state index contributed by atoms with van der Waals surface area (Å²) in [5, 5.41) is 13.2. The number of thioether (sulfide) groups is 1. The third-order valence-electron chi connectivity index (χ3n) is 2.86. The predicted octanol–water partition coefficient (Wildman–Crippen LogP) is 2.30. The van der Waals surface area contributed by atoms with E-state index in [0.29, 0.717) is 25.6 Å². The predicted molar refractivity (Wildman–Crippen MR) is 87.9 cm³/mol. The molecule has 0 bridgehead atoms. The molecule has 120 valence electrons.